The molecule has 2 aromatic carbocycles. The topological polar surface area (TPSA) is 26.3 Å². The molecule has 0 fully saturated rings. The molecule has 2 nitrogen and oxygen atoms in total. The second kappa shape index (κ2) is 9.23. The van der Waals surface area contributed by atoms with Gasteiger partial charge in [-0.15, -0.1) is 0 Å². The molecule has 0 heterocycles. The molecule has 2 unspecified atom stereocenters. The van der Waals surface area contributed by atoms with E-state index in [-0.39, 0.29) is 16.0 Å². The minimum absolute atomic E-state index is 0.0295. The Kier molecular flexibility index (Phi) is 7.57. The highest BCUT2D eigenvalue weighted by atomic mass is 31.1. The lowest BCUT2D eigenvalue weighted by Crippen LogP contribution is -2.25. The summed E-state index contributed by atoms with van der Waals surface area (Å²) >= 11 is 0. The van der Waals surface area contributed by atoms with E-state index < -0.39 is 0 Å². The molecule has 3 heteroatoms. The Morgan fingerprint density at radius 2 is 1.53 bits per heavy atom. The fourth-order valence-electron chi connectivity index (χ4n) is 4.02. The van der Waals surface area contributed by atoms with Crippen LogP contribution in [0.2, 0.25) is 0 Å². The van der Waals surface area contributed by atoms with Crippen molar-refractivity contribution in [1.29, 1.82) is 0 Å². The molecular formula is C27H39O2P. The highest BCUT2D eigenvalue weighted by Gasteiger charge is 2.35. The Morgan fingerprint density at radius 3 is 2.03 bits per heavy atom. The summed E-state index contributed by atoms with van der Waals surface area (Å²) in [7, 11) is 2.28. The van der Waals surface area contributed by atoms with Crippen molar-refractivity contribution in [3.05, 3.63) is 58.7 Å². The summed E-state index contributed by atoms with van der Waals surface area (Å²) in [5, 5.41) is 1.02. The molecule has 0 aromatic heterocycles. The molecule has 2 rings (SSSR count). The minimum Gasteiger partial charge on any atom is -0.496 e. The number of aldehydes is 1. The Bertz CT molecular complexity index is 887. The Morgan fingerprint density at radius 1 is 0.933 bits per heavy atom. The molecule has 30 heavy (non-hydrogen) atoms. The first-order chi connectivity index (χ1) is 13.9. The summed E-state index contributed by atoms with van der Waals surface area (Å²) in [4.78, 5) is 11.7. The van der Waals surface area contributed by atoms with Gasteiger partial charge in [-0.25, -0.2) is 0 Å². The maximum absolute atomic E-state index is 11.7. The van der Waals surface area contributed by atoms with Gasteiger partial charge in [0, 0.05) is 21.8 Å². The van der Waals surface area contributed by atoms with Gasteiger partial charge in [-0.3, -0.25) is 4.79 Å². The quantitative estimate of drug-likeness (QED) is 0.348. The van der Waals surface area contributed by atoms with Crippen molar-refractivity contribution in [2.45, 2.75) is 84.2 Å². The molecule has 0 bridgehead atoms. The lowest BCUT2D eigenvalue weighted by molar-refractivity contribution is 0.112. The van der Waals surface area contributed by atoms with E-state index in [2.05, 4.69) is 73.6 Å². The standard InChI is InChI=1S/C27H39O2P/c1-10-15-27(8,30-23-14-12-11-13-19(23)18-28)22-17-20(25(2,3)4)16-21(24(22)29-9)26(5,6)7/h11-14,16-18,30H,10,15H2,1-9H3. The first-order valence-corrected chi connectivity index (χ1v) is 11.9. The third kappa shape index (κ3) is 5.33. The van der Waals surface area contributed by atoms with Gasteiger partial charge in [0.1, 0.15) is 5.75 Å². The Hall–Kier alpha value is -1.66. The minimum atomic E-state index is -0.111. The second-order valence-corrected chi connectivity index (χ2v) is 12.4. The Labute approximate surface area is 185 Å². The average Bonchev–Trinajstić information content (AvgIpc) is 2.66. The van der Waals surface area contributed by atoms with Crippen molar-refractivity contribution in [3.8, 4) is 5.75 Å². The maximum atomic E-state index is 11.7. The number of benzene rings is 2. The number of methoxy groups -OCH3 is 1. The zero-order chi connectivity index (χ0) is 22.7. The largest absolute Gasteiger partial charge is 0.496 e. The van der Waals surface area contributed by atoms with Gasteiger partial charge in [-0.05, 0) is 28.1 Å². The van der Waals surface area contributed by atoms with Crippen LogP contribution in [0.15, 0.2) is 36.4 Å². The van der Waals surface area contributed by atoms with Crippen LogP contribution in [0.4, 0.5) is 0 Å². The van der Waals surface area contributed by atoms with Crippen LogP contribution in [0.5, 0.6) is 5.75 Å². The van der Waals surface area contributed by atoms with E-state index in [4.69, 9.17) is 4.74 Å². The van der Waals surface area contributed by atoms with Crippen LogP contribution < -0.4 is 10.0 Å². The molecule has 0 spiro atoms. The first kappa shape index (κ1) is 24.6. The summed E-state index contributed by atoms with van der Waals surface area (Å²) in [5.74, 6) is 1.00. The lowest BCUT2D eigenvalue weighted by Gasteiger charge is -2.36. The summed E-state index contributed by atoms with van der Waals surface area (Å²) in [6.45, 7) is 18.1. The molecule has 0 radical (unpaired) electrons. The fraction of sp³-hybridized carbons (Fsp3) is 0.519. The van der Waals surface area contributed by atoms with Crippen molar-refractivity contribution >= 4 is 20.2 Å². The van der Waals surface area contributed by atoms with E-state index in [0.717, 1.165) is 35.7 Å². The third-order valence-corrected chi connectivity index (χ3v) is 7.61. The Balaban J connectivity index is 2.81. The molecule has 0 aliphatic heterocycles. The normalized spacial score (nSPS) is 14.7. The van der Waals surface area contributed by atoms with Crippen LogP contribution in [-0.4, -0.2) is 13.4 Å². The van der Waals surface area contributed by atoms with Crippen LogP contribution in [0.25, 0.3) is 0 Å². The molecule has 2 aromatic rings. The molecule has 0 aliphatic carbocycles. The molecule has 0 saturated carbocycles. The van der Waals surface area contributed by atoms with Gasteiger partial charge in [0.2, 0.25) is 0 Å². The van der Waals surface area contributed by atoms with Crippen LogP contribution >= 0.6 is 8.58 Å². The van der Waals surface area contributed by atoms with E-state index in [9.17, 15) is 4.79 Å². The van der Waals surface area contributed by atoms with E-state index in [1.807, 2.05) is 18.2 Å². The van der Waals surface area contributed by atoms with Gasteiger partial charge in [0.25, 0.3) is 0 Å². The number of rotatable bonds is 7. The van der Waals surface area contributed by atoms with Crippen LogP contribution in [0.3, 0.4) is 0 Å². The van der Waals surface area contributed by atoms with E-state index >= 15 is 0 Å². The zero-order valence-corrected chi connectivity index (χ0v) is 21.3. The van der Waals surface area contributed by atoms with Crippen LogP contribution in [-0.2, 0) is 16.0 Å². The van der Waals surface area contributed by atoms with Gasteiger partial charge in [-0.1, -0.05) is 107 Å². The summed E-state index contributed by atoms with van der Waals surface area (Å²) in [6.07, 6.45) is 3.09. The fourth-order valence-corrected chi connectivity index (χ4v) is 5.78. The molecule has 0 amide bonds. The number of hydrogen-bond donors (Lipinski definition) is 0. The van der Waals surface area contributed by atoms with Gasteiger partial charge >= 0.3 is 0 Å². The molecular weight excluding hydrogens is 387 g/mol. The second-order valence-electron chi connectivity index (χ2n) is 10.5. The predicted molar refractivity (Wildman–Crippen MR) is 132 cm³/mol. The zero-order valence-electron chi connectivity index (χ0n) is 20.3. The van der Waals surface area contributed by atoms with Gasteiger partial charge in [-0.2, -0.15) is 0 Å². The van der Waals surface area contributed by atoms with E-state index in [0.29, 0.717) is 8.58 Å². The van der Waals surface area contributed by atoms with Crippen molar-refractivity contribution in [2.75, 3.05) is 7.11 Å². The van der Waals surface area contributed by atoms with Gasteiger partial charge in [0.15, 0.2) is 6.29 Å². The van der Waals surface area contributed by atoms with E-state index in [1.165, 1.54) is 16.7 Å². The van der Waals surface area contributed by atoms with Crippen molar-refractivity contribution in [3.63, 3.8) is 0 Å². The summed E-state index contributed by atoms with van der Waals surface area (Å²) in [6, 6.07) is 12.7. The number of ether oxygens (including phenoxy) is 1. The van der Waals surface area contributed by atoms with Gasteiger partial charge < -0.3 is 4.74 Å². The third-order valence-electron chi connectivity index (χ3n) is 5.81. The molecule has 164 valence electrons. The monoisotopic (exact) mass is 426 g/mol. The van der Waals surface area contributed by atoms with Crippen molar-refractivity contribution in [1.82, 2.24) is 0 Å². The molecule has 0 N–H and O–H groups in total. The molecule has 0 saturated heterocycles. The smallest absolute Gasteiger partial charge is 0.150 e. The van der Waals surface area contributed by atoms with Crippen LogP contribution in [0.1, 0.15) is 95.3 Å². The van der Waals surface area contributed by atoms with Crippen molar-refractivity contribution in [2.24, 2.45) is 0 Å². The number of carbonyl (C=O) groups excluding carboxylic acids is 1. The first-order valence-electron chi connectivity index (χ1n) is 10.9. The summed E-state index contributed by atoms with van der Waals surface area (Å²) in [5.41, 5.74) is 4.65. The van der Waals surface area contributed by atoms with E-state index in [1.54, 1.807) is 7.11 Å². The predicted octanol–water partition coefficient (Wildman–Crippen LogP) is 7.12. The average molecular weight is 427 g/mol. The highest BCUT2D eigenvalue weighted by Crippen LogP contribution is 2.51. The highest BCUT2D eigenvalue weighted by molar-refractivity contribution is 7.48. The van der Waals surface area contributed by atoms with Crippen LogP contribution in [0, 0.1) is 0 Å². The molecule has 2 atom stereocenters. The maximum Gasteiger partial charge on any atom is 0.150 e. The summed E-state index contributed by atoms with van der Waals surface area (Å²) < 4.78 is 6.09. The molecule has 0 aliphatic rings. The number of hydrogen-bond acceptors (Lipinski definition) is 2. The van der Waals surface area contributed by atoms with Gasteiger partial charge in [0.05, 0.1) is 7.11 Å². The number of carbonyl (C=O) groups is 1. The van der Waals surface area contributed by atoms with Crippen molar-refractivity contribution < 1.29 is 9.53 Å². The SMILES string of the molecule is CCCC(C)(Pc1ccccc1C=O)c1cc(C(C)(C)C)cc(C(C)(C)C)c1OC. The lowest BCUT2D eigenvalue weighted by atomic mass is 9.77.